The summed E-state index contributed by atoms with van der Waals surface area (Å²) in [5, 5.41) is 1.54. The fraction of sp³-hybridized carbons (Fsp3) is 0.467. The van der Waals surface area contributed by atoms with Gasteiger partial charge in [0.15, 0.2) is 5.17 Å². The number of carbonyl (C=O) groups is 1. The van der Waals surface area contributed by atoms with Gasteiger partial charge in [0.25, 0.3) is 0 Å². The maximum atomic E-state index is 12.4. The predicted octanol–water partition coefficient (Wildman–Crippen LogP) is 4.01. The van der Waals surface area contributed by atoms with Crippen LogP contribution in [0.5, 0.6) is 0 Å². The van der Waals surface area contributed by atoms with Crippen molar-refractivity contribution in [3.63, 3.8) is 0 Å². The smallest absolute Gasteiger partial charge is 0.231 e. The number of amides is 1. The Morgan fingerprint density at radius 2 is 2.25 bits per heavy atom. The third kappa shape index (κ3) is 2.59. The highest BCUT2D eigenvalue weighted by Gasteiger charge is 2.34. The molecule has 0 bridgehead atoms. The predicted molar refractivity (Wildman–Crippen MR) is 84.8 cm³/mol. The fourth-order valence-electron chi connectivity index (χ4n) is 2.39. The van der Waals surface area contributed by atoms with Gasteiger partial charge in [-0.1, -0.05) is 35.9 Å². The van der Waals surface area contributed by atoms with E-state index in [9.17, 15) is 4.79 Å². The molecular formula is C15H17ClN2OS. The summed E-state index contributed by atoms with van der Waals surface area (Å²) in [6, 6.07) is 5.70. The van der Waals surface area contributed by atoms with Gasteiger partial charge in [-0.25, -0.2) is 4.99 Å². The second kappa shape index (κ2) is 5.78. The van der Waals surface area contributed by atoms with Crippen LogP contribution in [-0.2, 0) is 4.79 Å². The highest BCUT2D eigenvalue weighted by molar-refractivity contribution is 8.14. The molecule has 1 aromatic carbocycles. The fourth-order valence-corrected chi connectivity index (χ4v) is 3.52. The molecule has 0 radical (unpaired) electrons. The molecule has 0 aromatic heterocycles. The lowest BCUT2D eigenvalue weighted by atomic mass is 9.84. The van der Waals surface area contributed by atoms with E-state index < -0.39 is 0 Å². The van der Waals surface area contributed by atoms with Gasteiger partial charge in [-0.05, 0) is 37.5 Å². The summed E-state index contributed by atoms with van der Waals surface area (Å²) in [4.78, 5) is 18.9. The van der Waals surface area contributed by atoms with Crippen LogP contribution in [0.1, 0.15) is 24.8 Å². The minimum absolute atomic E-state index is 0.222. The van der Waals surface area contributed by atoms with Gasteiger partial charge in [-0.2, -0.15) is 0 Å². The summed E-state index contributed by atoms with van der Waals surface area (Å²) in [6.07, 6.45) is 3.24. The van der Waals surface area contributed by atoms with Gasteiger partial charge in [0, 0.05) is 23.2 Å². The number of benzene rings is 1. The zero-order valence-electron chi connectivity index (χ0n) is 11.4. The number of amidine groups is 1. The molecule has 5 heteroatoms. The summed E-state index contributed by atoms with van der Waals surface area (Å²) < 4.78 is 0. The molecular weight excluding hydrogens is 292 g/mol. The SMILES string of the molecule is Cc1c(Cl)cccc1N=C1SCCN1C(=O)C1CCC1. The molecule has 2 fully saturated rings. The van der Waals surface area contributed by atoms with Crippen molar-refractivity contribution in [1.29, 1.82) is 0 Å². The molecule has 20 heavy (non-hydrogen) atoms. The van der Waals surface area contributed by atoms with Crippen molar-refractivity contribution in [1.82, 2.24) is 4.90 Å². The molecule has 1 heterocycles. The minimum atomic E-state index is 0.222. The molecule has 3 nitrogen and oxygen atoms in total. The zero-order valence-corrected chi connectivity index (χ0v) is 13.0. The van der Waals surface area contributed by atoms with Crippen LogP contribution >= 0.6 is 23.4 Å². The molecule has 0 unspecified atom stereocenters. The van der Waals surface area contributed by atoms with E-state index in [0.29, 0.717) is 5.02 Å². The lowest BCUT2D eigenvalue weighted by Crippen LogP contribution is -2.39. The Kier molecular flexibility index (Phi) is 4.03. The number of rotatable bonds is 2. The van der Waals surface area contributed by atoms with E-state index in [2.05, 4.69) is 4.99 Å². The molecule has 0 N–H and O–H groups in total. The maximum Gasteiger partial charge on any atom is 0.231 e. The van der Waals surface area contributed by atoms with Crippen LogP contribution < -0.4 is 0 Å². The molecule has 1 aliphatic heterocycles. The second-order valence-electron chi connectivity index (χ2n) is 5.24. The van der Waals surface area contributed by atoms with Crippen molar-refractivity contribution < 1.29 is 4.79 Å². The number of aliphatic imine (C=N–C) groups is 1. The van der Waals surface area contributed by atoms with Gasteiger partial charge in [0.1, 0.15) is 0 Å². The lowest BCUT2D eigenvalue weighted by molar-refractivity contribution is -0.133. The van der Waals surface area contributed by atoms with E-state index in [-0.39, 0.29) is 11.8 Å². The van der Waals surface area contributed by atoms with Crippen LogP contribution in [0.4, 0.5) is 5.69 Å². The Morgan fingerprint density at radius 3 is 2.95 bits per heavy atom. The Bertz CT molecular complexity index is 569. The first-order chi connectivity index (χ1) is 9.66. The molecule has 1 aromatic rings. The van der Waals surface area contributed by atoms with Crippen molar-refractivity contribution in [2.24, 2.45) is 10.9 Å². The van der Waals surface area contributed by atoms with Crippen LogP contribution in [0, 0.1) is 12.8 Å². The highest BCUT2D eigenvalue weighted by atomic mass is 35.5. The van der Waals surface area contributed by atoms with E-state index in [1.165, 1.54) is 6.42 Å². The quantitative estimate of drug-likeness (QED) is 0.827. The second-order valence-corrected chi connectivity index (χ2v) is 6.71. The summed E-state index contributed by atoms with van der Waals surface area (Å²) in [6.45, 7) is 2.73. The standard InChI is InChI=1S/C15H17ClN2OS/c1-10-12(16)6-3-7-13(10)17-15-18(8-9-20-15)14(19)11-4-2-5-11/h3,6-7,11H,2,4-5,8-9H2,1H3. The zero-order chi connectivity index (χ0) is 14.1. The van der Waals surface area contributed by atoms with Crippen molar-refractivity contribution in [3.05, 3.63) is 28.8 Å². The van der Waals surface area contributed by atoms with E-state index in [4.69, 9.17) is 11.6 Å². The number of nitrogens with zero attached hydrogens (tertiary/aromatic N) is 2. The lowest BCUT2D eigenvalue weighted by Gasteiger charge is -2.28. The average Bonchev–Trinajstić information content (AvgIpc) is 2.81. The van der Waals surface area contributed by atoms with E-state index in [0.717, 1.165) is 41.6 Å². The first-order valence-electron chi connectivity index (χ1n) is 6.95. The molecule has 1 saturated heterocycles. The Balaban J connectivity index is 1.85. The molecule has 1 aliphatic carbocycles. The molecule has 0 spiro atoms. The average molecular weight is 309 g/mol. The molecule has 3 rings (SSSR count). The molecule has 1 saturated carbocycles. The van der Waals surface area contributed by atoms with Gasteiger partial charge in [-0.3, -0.25) is 9.69 Å². The summed E-state index contributed by atoms with van der Waals surface area (Å²) in [5.74, 6) is 1.40. The number of thioether (sulfide) groups is 1. The Hall–Kier alpha value is -1.00. The van der Waals surface area contributed by atoms with Gasteiger partial charge >= 0.3 is 0 Å². The van der Waals surface area contributed by atoms with E-state index in [1.807, 2.05) is 30.0 Å². The Morgan fingerprint density at radius 1 is 1.45 bits per heavy atom. The van der Waals surface area contributed by atoms with Crippen molar-refractivity contribution >= 4 is 40.1 Å². The van der Waals surface area contributed by atoms with Crippen LogP contribution in [0.25, 0.3) is 0 Å². The first-order valence-corrected chi connectivity index (χ1v) is 8.31. The topological polar surface area (TPSA) is 32.7 Å². The van der Waals surface area contributed by atoms with Gasteiger partial charge in [-0.15, -0.1) is 0 Å². The molecule has 2 aliphatic rings. The van der Waals surface area contributed by atoms with Crippen LogP contribution in [0.2, 0.25) is 5.02 Å². The van der Waals surface area contributed by atoms with Gasteiger partial charge < -0.3 is 0 Å². The van der Waals surface area contributed by atoms with Crippen LogP contribution in [0.3, 0.4) is 0 Å². The molecule has 1 amide bonds. The third-order valence-corrected chi connectivity index (χ3v) is 5.32. The van der Waals surface area contributed by atoms with Crippen molar-refractivity contribution in [2.75, 3.05) is 12.3 Å². The van der Waals surface area contributed by atoms with Crippen molar-refractivity contribution in [2.45, 2.75) is 26.2 Å². The minimum Gasteiger partial charge on any atom is -0.290 e. The maximum absolute atomic E-state index is 12.4. The number of carbonyl (C=O) groups excluding carboxylic acids is 1. The van der Waals surface area contributed by atoms with Crippen LogP contribution in [0.15, 0.2) is 23.2 Å². The molecule has 106 valence electrons. The number of hydrogen-bond donors (Lipinski definition) is 0. The number of halogens is 1. The van der Waals surface area contributed by atoms with Crippen molar-refractivity contribution in [3.8, 4) is 0 Å². The largest absolute Gasteiger partial charge is 0.290 e. The first kappa shape index (κ1) is 14.0. The van der Waals surface area contributed by atoms with Gasteiger partial charge in [0.2, 0.25) is 5.91 Å². The summed E-state index contributed by atoms with van der Waals surface area (Å²) in [7, 11) is 0. The monoisotopic (exact) mass is 308 g/mol. The highest BCUT2D eigenvalue weighted by Crippen LogP contribution is 2.33. The summed E-state index contributed by atoms with van der Waals surface area (Å²) >= 11 is 7.78. The summed E-state index contributed by atoms with van der Waals surface area (Å²) in [5.41, 5.74) is 1.82. The number of hydrogen-bond acceptors (Lipinski definition) is 3. The molecule has 0 atom stereocenters. The van der Waals surface area contributed by atoms with E-state index in [1.54, 1.807) is 11.8 Å². The van der Waals surface area contributed by atoms with Gasteiger partial charge in [0.05, 0.1) is 5.69 Å². The third-order valence-electron chi connectivity index (χ3n) is 3.95. The van der Waals surface area contributed by atoms with E-state index >= 15 is 0 Å². The normalized spacial score (nSPS) is 21.3. The Labute approximate surface area is 128 Å². The van der Waals surface area contributed by atoms with Crippen LogP contribution in [-0.4, -0.2) is 28.3 Å².